The van der Waals surface area contributed by atoms with Gasteiger partial charge in [-0.15, -0.1) is 0 Å². The number of hydrogen-bond acceptors (Lipinski definition) is 4. The summed E-state index contributed by atoms with van der Waals surface area (Å²) in [5, 5.41) is 14.5. The standard InChI is InChI=1S/C11H21N3O3S/c1-8(18(2)17)7-13-10(15)11(9(12)14-16)5-3-4-6-11/h8,16H,3-7H2,1-2H3,(H2,12,14)(H,13,15). The van der Waals surface area contributed by atoms with Crippen LogP contribution in [0.4, 0.5) is 0 Å². The van der Waals surface area contributed by atoms with Gasteiger partial charge in [-0.1, -0.05) is 18.0 Å². The first-order valence-electron chi connectivity index (χ1n) is 6.02. The Morgan fingerprint density at radius 1 is 1.56 bits per heavy atom. The summed E-state index contributed by atoms with van der Waals surface area (Å²) in [5.74, 6) is -0.254. The van der Waals surface area contributed by atoms with E-state index in [4.69, 9.17) is 10.9 Å². The summed E-state index contributed by atoms with van der Waals surface area (Å²) in [6, 6.07) is 0. The minimum atomic E-state index is -0.980. The van der Waals surface area contributed by atoms with E-state index in [1.54, 1.807) is 13.2 Å². The van der Waals surface area contributed by atoms with E-state index < -0.39 is 16.2 Å². The molecule has 6 nitrogen and oxygen atoms in total. The summed E-state index contributed by atoms with van der Waals surface area (Å²) >= 11 is 0. The summed E-state index contributed by atoms with van der Waals surface area (Å²) < 4.78 is 11.2. The molecule has 0 aromatic carbocycles. The zero-order valence-corrected chi connectivity index (χ0v) is 11.6. The average Bonchev–Trinajstić information content (AvgIpc) is 2.84. The van der Waals surface area contributed by atoms with E-state index in [2.05, 4.69) is 10.5 Å². The monoisotopic (exact) mass is 275 g/mol. The fraction of sp³-hybridized carbons (Fsp3) is 0.818. The number of amidine groups is 1. The van der Waals surface area contributed by atoms with Crippen LogP contribution in [0.3, 0.4) is 0 Å². The van der Waals surface area contributed by atoms with Crippen LogP contribution < -0.4 is 11.1 Å². The van der Waals surface area contributed by atoms with Crippen LogP contribution in [0.1, 0.15) is 32.6 Å². The van der Waals surface area contributed by atoms with Gasteiger partial charge >= 0.3 is 0 Å². The van der Waals surface area contributed by atoms with Gasteiger partial charge in [0.05, 0.1) is 0 Å². The highest BCUT2D eigenvalue weighted by Gasteiger charge is 2.45. The number of rotatable bonds is 5. The molecule has 4 N–H and O–H groups in total. The summed E-state index contributed by atoms with van der Waals surface area (Å²) in [6.45, 7) is 2.14. The third-order valence-electron chi connectivity index (χ3n) is 3.61. The van der Waals surface area contributed by atoms with Gasteiger partial charge < -0.3 is 16.3 Å². The molecule has 0 radical (unpaired) electrons. The Morgan fingerprint density at radius 2 is 2.11 bits per heavy atom. The predicted molar refractivity (Wildman–Crippen MR) is 70.8 cm³/mol. The van der Waals surface area contributed by atoms with Crippen molar-refractivity contribution in [3.05, 3.63) is 0 Å². The number of amides is 1. The third-order valence-corrected chi connectivity index (χ3v) is 4.91. The van der Waals surface area contributed by atoms with E-state index >= 15 is 0 Å². The number of oxime groups is 1. The van der Waals surface area contributed by atoms with Crippen LogP contribution in [0.5, 0.6) is 0 Å². The fourth-order valence-electron chi connectivity index (χ4n) is 2.20. The lowest BCUT2D eigenvalue weighted by Gasteiger charge is -2.26. The molecule has 1 aliphatic rings. The Hall–Kier alpha value is -1.11. The van der Waals surface area contributed by atoms with Gasteiger partial charge in [-0.25, -0.2) is 0 Å². The quantitative estimate of drug-likeness (QED) is 0.288. The second-order valence-corrected chi connectivity index (χ2v) is 6.60. The molecule has 104 valence electrons. The largest absolute Gasteiger partial charge is 0.409 e. The Morgan fingerprint density at radius 3 is 2.56 bits per heavy atom. The van der Waals surface area contributed by atoms with Crippen LogP contribution in [0.15, 0.2) is 5.16 Å². The molecule has 2 atom stereocenters. The third kappa shape index (κ3) is 3.01. The number of carbonyl (C=O) groups excluding carboxylic acids is 1. The maximum Gasteiger partial charge on any atom is 0.233 e. The second-order valence-electron chi connectivity index (χ2n) is 4.79. The SMILES string of the molecule is CC(CNC(=O)C1(C(N)=NO)CCCC1)S(C)=O. The van der Waals surface area contributed by atoms with Crippen molar-refractivity contribution >= 4 is 22.5 Å². The minimum Gasteiger partial charge on any atom is -0.409 e. The number of hydrogen-bond donors (Lipinski definition) is 3. The van der Waals surface area contributed by atoms with Gasteiger partial charge in [0.2, 0.25) is 5.91 Å². The Kier molecular flexibility index (Phi) is 5.13. The first kappa shape index (κ1) is 14.9. The van der Waals surface area contributed by atoms with Crippen molar-refractivity contribution in [3.8, 4) is 0 Å². The second kappa shape index (κ2) is 6.17. The van der Waals surface area contributed by atoms with E-state index in [0.29, 0.717) is 19.4 Å². The lowest BCUT2D eigenvalue weighted by Crippen LogP contribution is -2.49. The van der Waals surface area contributed by atoms with Gasteiger partial charge in [-0.05, 0) is 19.8 Å². The van der Waals surface area contributed by atoms with Gasteiger partial charge in [-0.2, -0.15) is 0 Å². The van der Waals surface area contributed by atoms with Gasteiger partial charge in [0.15, 0.2) is 5.84 Å². The van der Waals surface area contributed by atoms with Gasteiger partial charge in [0, 0.05) is 28.9 Å². The Labute approximate surface area is 109 Å². The van der Waals surface area contributed by atoms with Gasteiger partial charge in [0.25, 0.3) is 0 Å². The van der Waals surface area contributed by atoms with Crippen molar-refractivity contribution in [2.24, 2.45) is 16.3 Å². The normalized spacial score (nSPS) is 22.4. The van der Waals surface area contributed by atoms with Crippen molar-refractivity contribution in [3.63, 3.8) is 0 Å². The van der Waals surface area contributed by atoms with E-state index in [1.165, 1.54) is 0 Å². The van der Waals surface area contributed by atoms with E-state index in [1.807, 2.05) is 0 Å². The molecular formula is C11H21N3O3S. The van der Waals surface area contributed by atoms with Crippen LogP contribution in [-0.4, -0.2) is 39.2 Å². The Balaban J connectivity index is 2.70. The molecule has 1 rings (SSSR count). The van der Waals surface area contributed by atoms with E-state index in [-0.39, 0.29) is 17.0 Å². The fourth-order valence-corrected chi connectivity index (χ4v) is 2.51. The van der Waals surface area contributed by atoms with Crippen LogP contribution in [-0.2, 0) is 15.6 Å². The number of nitrogens with zero attached hydrogens (tertiary/aromatic N) is 1. The highest BCUT2D eigenvalue weighted by Crippen LogP contribution is 2.38. The van der Waals surface area contributed by atoms with E-state index in [0.717, 1.165) is 12.8 Å². The number of nitrogens with two attached hydrogens (primary N) is 1. The van der Waals surface area contributed by atoms with Crippen LogP contribution in [0.25, 0.3) is 0 Å². The predicted octanol–water partition coefficient (Wildman–Crippen LogP) is 0.176. The zero-order chi connectivity index (χ0) is 13.8. The van der Waals surface area contributed by atoms with Crippen molar-refractivity contribution in [1.82, 2.24) is 5.32 Å². The van der Waals surface area contributed by atoms with Crippen molar-refractivity contribution in [1.29, 1.82) is 0 Å². The summed E-state index contributed by atoms with van der Waals surface area (Å²) in [7, 11) is -0.980. The van der Waals surface area contributed by atoms with Crippen molar-refractivity contribution < 1.29 is 14.2 Å². The molecule has 0 bridgehead atoms. The molecule has 7 heteroatoms. The molecule has 1 fully saturated rings. The first-order chi connectivity index (χ1) is 8.44. The molecule has 0 spiro atoms. The van der Waals surface area contributed by atoms with Gasteiger partial charge in [0.1, 0.15) is 5.41 Å². The lowest BCUT2D eigenvalue weighted by molar-refractivity contribution is -0.127. The summed E-state index contributed by atoms with van der Waals surface area (Å²) in [6.07, 6.45) is 4.57. The minimum absolute atomic E-state index is 0.0252. The lowest BCUT2D eigenvalue weighted by atomic mass is 9.84. The molecule has 0 aromatic rings. The van der Waals surface area contributed by atoms with Crippen LogP contribution in [0.2, 0.25) is 0 Å². The highest BCUT2D eigenvalue weighted by atomic mass is 32.2. The molecule has 0 aliphatic heterocycles. The first-order valence-corrected chi connectivity index (χ1v) is 7.64. The molecule has 1 aliphatic carbocycles. The molecule has 0 aromatic heterocycles. The Bertz CT molecular complexity index is 365. The summed E-state index contributed by atoms with van der Waals surface area (Å²) in [5.41, 5.74) is 4.77. The number of nitrogens with one attached hydrogen (secondary N) is 1. The van der Waals surface area contributed by atoms with E-state index in [9.17, 15) is 9.00 Å². The smallest absolute Gasteiger partial charge is 0.233 e. The topological polar surface area (TPSA) is 105 Å². The molecular weight excluding hydrogens is 254 g/mol. The number of carbonyl (C=O) groups is 1. The molecule has 1 saturated carbocycles. The zero-order valence-electron chi connectivity index (χ0n) is 10.8. The van der Waals surface area contributed by atoms with Crippen LogP contribution >= 0.6 is 0 Å². The molecule has 2 unspecified atom stereocenters. The molecule has 0 heterocycles. The highest BCUT2D eigenvalue weighted by molar-refractivity contribution is 7.84. The van der Waals surface area contributed by atoms with Crippen LogP contribution in [0, 0.1) is 5.41 Å². The van der Waals surface area contributed by atoms with Gasteiger partial charge in [-0.3, -0.25) is 9.00 Å². The average molecular weight is 275 g/mol. The maximum atomic E-state index is 12.2. The van der Waals surface area contributed by atoms with Crippen molar-refractivity contribution in [2.45, 2.75) is 37.9 Å². The molecule has 18 heavy (non-hydrogen) atoms. The summed E-state index contributed by atoms with van der Waals surface area (Å²) in [4.78, 5) is 12.2. The molecule has 0 saturated heterocycles. The molecule has 1 amide bonds. The maximum absolute atomic E-state index is 12.2. The van der Waals surface area contributed by atoms with Crippen molar-refractivity contribution in [2.75, 3.05) is 12.8 Å².